The van der Waals surface area contributed by atoms with Gasteiger partial charge in [-0.1, -0.05) is 25.1 Å². The predicted molar refractivity (Wildman–Crippen MR) is 51.3 cm³/mol. The van der Waals surface area contributed by atoms with Crippen molar-refractivity contribution in [2.24, 2.45) is 0 Å². The molecule has 0 heterocycles. The first kappa shape index (κ1) is 9.52. The van der Waals surface area contributed by atoms with Gasteiger partial charge in [0, 0.05) is 6.08 Å². The zero-order valence-electron chi connectivity index (χ0n) is 7.45. The van der Waals surface area contributed by atoms with Gasteiger partial charge in [0.1, 0.15) is 0 Å². The van der Waals surface area contributed by atoms with Crippen LogP contribution in [-0.4, -0.2) is 11.1 Å². The Labute approximate surface area is 77.5 Å². The summed E-state index contributed by atoms with van der Waals surface area (Å²) in [5.41, 5.74) is 1.99. The molecule has 0 atom stereocenters. The number of rotatable bonds is 3. The van der Waals surface area contributed by atoms with E-state index in [0.717, 1.165) is 23.6 Å². The Bertz CT molecular complexity index is 327. The van der Waals surface area contributed by atoms with E-state index in [1.54, 1.807) is 12.1 Å². The molecule has 1 rings (SSSR count). The fourth-order valence-corrected chi connectivity index (χ4v) is 1.01. The fourth-order valence-electron chi connectivity index (χ4n) is 1.01. The Morgan fingerprint density at radius 1 is 1.69 bits per heavy atom. The first-order chi connectivity index (χ1) is 6.22. The molecule has 67 valence electrons. The Balaban J connectivity index is 2.83. The van der Waals surface area contributed by atoms with E-state index < -0.39 is 5.97 Å². The van der Waals surface area contributed by atoms with Gasteiger partial charge in [0.2, 0.25) is 0 Å². The van der Waals surface area contributed by atoms with Crippen molar-refractivity contribution in [3.63, 3.8) is 0 Å². The van der Waals surface area contributed by atoms with Crippen LogP contribution in [0.5, 0.6) is 0 Å². The van der Waals surface area contributed by atoms with Crippen LogP contribution in [0.4, 0.5) is 0 Å². The molecular weight excluding hydrogens is 164 g/mol. The van der Waals surface area contributed by atoms with Crippen molar-refractivity contribution in [2.75, 3.05) is 0 Å². The third kappa shape index (κ3) is 3.11. The van der Waals surface area contributed by atoms with Gasteiger partial charge >= 0.3 is 5.97 Å². The second kappa shape index (κ2) is 4.45. The molecule has 0 fully saturated rings. The minimum Gasteiger partial charge on any atom is -0.478 e. The fraction of sp³-hybridized carbons (Fsp3) is 0.182. The SMILES string of the molecule is CCc1[c]ccc(/C=C/C(=O)O)c1. The highest BCUT2D eigenvalue weighted by Crippen LogP contribution is 2.06. The highest BCUT2D eigenvalue weighted by molar-refractivity contribution is 5.85. The number of carbonyl (C=O) groups is 1. The Kier molecular flexibility index (Phi) is 3.26. The van der Waals surface area contributed by atoms with Crippen LogP contribution < -0.4 is 0 Å². The molecule has 1 radical (unpaired) electrons. The van der Waals surface area contributed by atoms with Gasteiger partial charge in [-0.25, -0.2) is 4.79 Å². The summed E-state index contributed by atoms with van der Waals surface area (Å²) in [6.45, 7) is 2.04. The van der Waals surface area contributed by atoms with Crippen LogP contribution >= 0.6 is 0 Å². The van der Waals surface area contributed by atoms with E-state index in [0.29, 0.717) is 0 Å². The zero-order chi connectivity index (χ0) is 9.68. The summed E-state index contributed by atoms with van der Waals surface area (Å²) in [4.78, 5) is 10.2. The Hall–Kier alpha value is -1.57. The summed E-state index contributed by atoms with van der Waals surface area (Å²) in [7, 11) is 0. The zero-order valence-corrected chi connectivity index (χ0v) is 7.45. The van der Waals surface area contributed by atoms with E-state index >= 15 is 0 Å². The third-order valence-corrected chi connectivity index (χ3v) is 1.68. The molecule has 0 aromatic heterocycles. The van der Waals surface area contributed by atoms with Crippen molar-refractivity contribution in [1.29, 1.82) is 0 Å². The Morgan fingerprint density at radius 2 is 2.46 bits per heavy atom. The van der Waals surface area contributed by atoms with E-state index in [1.165, 1.54) is 0 Å². The molecule has 0 saturated carbocycles. The molecule has 1 N–H and O–H groups in total. The molecule has 0 aliphatic rings. The van der Waals surface area contributed by atoms with Gasteiger partial charge in [0.15, 0.2) is 0 Å². The maximum Gasteiger partial charge on any atom is 0.328 e. The van der Waals surface area contributed by atoms with Crippen LogP contribution in [0, 0.1) is 6.07 Å². The largest absolute Gasteiger partial charge is 0.478 e. The van der Waals surface area contributed by atoms with Gasteiger partial charge in [-0.2, -0.15) is 0 Å². The normalized spacial score (nSPS) is 10.5. The molecule has 0 saturated heterocycles. The van der Waals surface area contributed by atoms with Crippen molar-refractivity contribution in [3.05, 3.63) is 41.5 Å². The average molecular weight is 175 g/mol. The van der Waals surface area contributed by atoms with Crippen LogP contribution in [0.1, 0.15) is 18.1 Å². The molecule has 1 aromatic carbocycles. The van der Waals surface area contributed by atoms with Gasteiger partial charge in [0.05, 0.1) is 0 Å². The molecule has 0 bridgehead atoms. The number of hydrogen-bond donors (Lipinski definition) is 1. The van der Waals surface area contributed by atoms with Crippen LogP contribution in [-0.2, 0) is 11.2 Å². The lowest BCUT2D eigenvalue weighted by Crippen LogP contribution is -1.86. The third-order valence-electron chi connectivity index (χ3n) is 1.68. The molecule has 0 amide bonds. The summed E-state index contributed by atoms with van der Waals surface area (Å²) in [6, 6.07) is 8.63. The van der Waals surface area contributed by atoms with Gasteiger partial charge in [-0.3, -0.25) is 0 Å². The average Bonchev–Trinajstić information content (AvgIpc) is 2.15. The number of aliphatic carboxylic acids is 1. The molecule has 1 aromatic rings. The van der Waals surface area contributed by atoms with Crippen LogP contribution in [0.15, 0.2) is 24.3 Å². The number of benzene rings is 1. The first-order valence-electron chi connectivity index (χ1n) is 4.14. The quantitative estimate of drug-likeness (QED) is 0.714. The Morgan fingerprint density at radius 3 is 3.08 bits per heavy atom. The number of hydrogen-bond acceptors (Lipinski definition) is 1. The lowest BCUT2D eigenvalue weighted by Gasteiger charge is -1.96. The van der Waals surface area contributed by atoms with E-state index in [2.05, 4.69) is 6.07 Å². The van der Waals surface area contributed by atoms with E-state index in [1.807, 2.05) is 19.1 Å². The van der Waals surface area contributed by atoms with Crippen molar-refractivity contribution in [1.82, 2.24) is 0 Å². The molecule has 0 spiro atoms. The minimum absolute atomic E-state index is 0.901. The van der Waals surface area contributed by atoms with Crippen molar-refractivity contribution in [2.45, 2.75) is 13.3 Å². The highest BCUT2D eigenvalue weighted by atomic mass is 16.4. The summed E-state index contributed by atoms with van der Waals surface area (Å²) in [6.07, 6.45) is 3.62. The molecule has 2 heteroatoms. The van der Waals surface area contributed by atoms with E-state index in [4.69, 9.17) is 5.11 Å². The van der Waals surface area contributed by atoms with Crippen molar-refractivity contribution < 1.29 is 9.90 Å². The number of aryl methyl sites for hydroxylation is 1. The summed E-state index contributed by atoms with van der Waals surface area (Å²) in [5, 5.41) is 8.41. The predicted octanol–water partition coefficient (Wildman–Crippen LogP) is 2.15. The summed E-state index contributed by atoms with van der Waals surface area (Å²) < 4.78 is 0. The second-order valence-corrected chi connectivity index (χ2v) is 2.67. The molecule has 2 nitrogen and oxygen atoms in total. The maximum atomic E-state index is 10.2. The molecular formula is C11H11O2. The molecule has 0 unspecified atom stereocenters. The molecule has 0 aliphatic carbocycles. The summed E-state index contributed by atoms with van der Waals surface area (Å²) in [5.74, 6) is -0.925. The molecule has 13 heavy (non-hydrogen) atoms. The van der Waals surface area contributed by atoms with Gasteiger partial charge in [-0.05, 0) is 29.7 Å². The maximum absolute atomic E-state index is 10.2. The van der Waals surface area contributed by atoms with Crippen LogP contribution in [0.3, 0.4) is 0 Å². The number of carboxylic acid groups (broad SMARTS) is 1. The van der Waals surface area contributed by atoms with Crippen molar-refractivity contribution in [3.8, 4) is 0 Å². The van der Waals surface area contributed by atoms with Gasteiger partial charge < -0.3 is 5.11 Å². The lowest BCUT2D eigenvalue weighted by molar-refractivity contribution is -0.131. The topological polar surface area (TPSA) is 37.3 Å². The van der Waals surface area contributed by atoms with Crippen molar-refractivity contribution >= 4 is 12.0 Å². The minimum atomic E-state index is -0.925. The van der Waals surface area contributed by atoms with E-state index in [9.17, 15) is 4.79 Å². The van der Waals surface area contributed by atoms with Crippen LogP contribution in [0.2, 0.25) is 0 Å². The summed E-state index contributed by atoms with van der Waals surface area (Å²) >= 11 is 0. The molecule has 0 aliphatic heterocycles. The van der Waals surface area contributed by atoms with Crippen LogP contribution in [0.25, 0.3) is 6.08 Å². The standard InChI is InChI=1S/C11H11O2/c1-2-9-4-3-5-10(8-9)6-7-11(12)13/h3,5-8H,2H2,1H3,(H,12,13)/b7-6+. The number of carboxylic acids is 1. The highest BCUT2D eigenvalue weighted by Gasteiger charge is 1.91. The van der Waals surface area contributed by atoms with Gasteiger partial charge in [-0.15, -0.1) is 0 Å². The smallest absolute Gasteiger partial charge is 0.328 e. The van der Waals surface area contributed by atoms with Gasteiger partial charge in [0.25, 0.3) is 0 Å². The lowest BCUT2D eigenvalue weighted by atomic mass is 10.1. The first-order valence-corrected chi connectivity index (χ1v) is 4.14. The van der Waals surface area contributed by atoms with E-state index in [-0.39, 0.29) is 0 Å². The monoisotopic (exact) mass is 175 g/mol. The second-order valence-electron chi connectivity index (χ2n) is 2.67.